The van der Waals surface area contributed by atoms with E-state index in [0.29, 0.717) is 25.9 Å². The van der Waals surface area contributed by atoms with E-state index >= 15 is 0 Å². The van der Waals surface area contributed by atoms with Gasteiger partial charge in [0, 0.05) is 19.4 Å². The maximum absolute atomic E-state index is 12.9. The Morgan fingerprint density at radius 2 is 0.671 bits per heavy atom. The molecule has 0 spiro atoms. The molecule has 0 heterocycles. The van der Waals surface area contributed by atoms with E-state index in [4.69, 9.17) is 14.2 Å². The van der Waals surface area contributed by atoms with Crippen LogP contribution in [0.25, 0.3) is 0 Å². The summed E-state index contributed by atoms with van der Waals surface area (Å²) < 4.78 is 17.4. The Bertz CT molecular complexity index is 1420. The van der Waals surface area contributed by atoms with Crippen molar-refractivity contribution in [3.63, 3.8) is 0 Å². The van der Waals surface area contributed by atoms with Crippen molar-refractivity contribution in [2.24, 2.45) is 0 Å². The number of ether oxygens (including phenoxy) is 3. The number of hydrogen-bond donors (Lipinski definition) is 0. The molecular formula is C65H108O5. The number of carbonyl (C=O) groups excluding carboxylic acids is 2. The van der Waals surface area contributed by atoms with Gasteiger partial charge in [-0.3, -0.25) is 9.59 Å². The highest BCUT2D eigenvalue weighted by atomic mass is 16.6. The molecule has 0 aliphatic heterocycles. The van der Waals surface area contributed by atoms with Gasteiger partial charge in [-0.1, -0.05) is 264 Å². The zero-order valence-corrected chi connectivity index (χ0v) is 45.7. The van der Waals surface area contributed by atoms with Crippen LogP contribution in [0.15, 0.2) is 122 Å². The standard InChI is InChI=1S/C65H108O5/c1-4-7-10-13-16-19-22-25-28-31-33-35-37-40-43-46-49-52-55-58-64(66)69-62-63(61-68-60-57-54-51-48-45-42-39-30-27-24-21-18-15-12-9-6-3)70-65(67)59-56-53-50-47-44-41-38-36-34-32-29-26-23-20-17-14-11-8-5-2/h7,9-10,12,16,18-19,21,25,27-28,30,33,35,40,42-43,45,49,52,63H,4-6,8,11,13-15,17,20,22-24,26,29,31-32,34,36-39,41,44,46-48,50-51,53-62H2,1-3H3/b10-7-,12-9-,19-16-,21-18-,28-25-,30-27-,35-33-,43-40-,45-42-,52-49-. The molecule has 0 aromatic carbocycles. The molecule has 0 bridgehead atoms. The Balaban J connectivity index is 4.43. The minimum absolute atomic E-state index is 0.0271. The Labute approximate surface area is 433 Å². The molecule has 0 radical (unpaired) electrons. The summed E-state index contributed by atoms with van der Waals surface area (Å²) in [6.07, 6.45) is 83.8. The van der Waals surface area contributed by atoms with Gasteiger partial charge in [0.2, 0.25) is 0 Å². The zero-order chi connectivity index (χ0) is 50.6. The van der Waals surface area contributed by atoms with Crippen LogP contribution in [-0.4, -0.2) is 37.9 Å². The Morgan fingerprint density at radius 3 is 1.07 bits per heavy atom. The van der Waals surface area contributed by atoms with Crippen LogP contribution in [0.4, 0.5) is 0 Å². The van der Waals surface area contributed by atoms with E-state index in [9.17, 15) is 9.59 Å². The Hall–Kier alpha value is -3.70. The van der Waals surface area contributed by atoms with Gasteiger partial charge in [-0.25, -0.2) is 0 Å². The van der Waals surface area contributed by atoms with E-state index in [1.165, 1.54) is 103 Å². The molecule has 70 heavy (non-hydrogen) atoms. The lowest BCUT2D eigenvalue weighted by atomic mass is 10.0. The molecule has 0 fully saturated rings. The lowest BCUT2D eigenvalue weighted by Crippen LogP contribution is -2.30. The van der Waals surface area contributed by atoms with E-state index < -0.39 is 6.10 Å². The molecule has 1 atom stereocenters. The minimum atomic E-state index is -0.591. The first kappa shape index (κ1) is 66.3. The van der Waals surface area contributed by atoms with Crippen LogP contribution in [0, 0.1) is 0 Å². The topological polar surface area (TPSA) is 61.8 Å². The number of carbonyl (C=O) groups is 2. The summed E-state index contributed by atoms with van der Waals surface area (Å²) in [4.78, 5) is 25.5. The van der Waals surface area contributed by atoms with Crippen LogP contribution in [0.5, 0.6) is 0 Å². The number of esters is 2. The van der Waals surface area contributed by atoms with E-state index in [-0.39, 0.29) is 25.2 Å². The summed E-state index contributed by atoms with van der Waals surface area (Å²) in [5.74, 6) is -0.511. The molecule has 0 saturated carbocycles. The fourth-order valence-corrected chi connectivity index (χ4v) is 7.76. The molecule has 1 unspecified atom stereocenters. The average Bonchev–Trinajstić information content (AvgIpc) is 3.36. The van der Waals surface area contributed by atoms with Crippen molar-refractivity contribution in [2.75, 3.05) is 19.8 Å². The summed E-state index contributed by atoms with van der Waals surface area (Å²) in [5, 5.41) is 0. The van der Waals surface area contributed by atoms with Crippen molar-refractivity contribution in [3.05, 3.63) is 122 Å². The summed E-state index contributed by atoms with van der Waals surface area (Å²) >= 11 is 0. The van der Waals surface area contributed by atoms with E-state index in [0.717, 1.165) is 109 Å². The predicted molar refractivity (Wildman–Crippen MR) is 306 cm³/mol. The maximum Gasteiger partial charge on any atom is 0.306 e. The molecule has 0 aromatic rings. The third-order valence-corrected chi connectivity index (χ3v) is 12.0. The monoisotopic (exact) mass is 969 g/mol. The third kappa shape index (κ3) is 56.9. The summed E-state index contributed by atoms with van der Waals surface area (Å²) in [6.45, 7) is 7.46. The third-order valence-electron chi connectivity index (χ3n) is 12.0. The molecule has 5 heteroatoms. The largest absolute Gasteiger partial charge is 0.462 e. The van der Waals surface area contributed by atoms with Gasteiger partial charge in [0.05, 0.1) is 6.61 Å². The number of allylic oxidation sites excluding steroid dienone is 20. The van der Waals surface area contributed by atoms with Gasteiger partial charge < -0.3 is 14.2 Å². The fraction of sp³-hybridized carbons (Fsp3) is 0.662. The van der Waals surface area contributed by atoms with Gasteiger partial charge in [0.1, 0.15) is 6.61 Å². The van der Waals surface area contributed by atoms with Crippen molar-refractivity contribution in [2.45, 2.75) is 258 Å². The highest BCUT2D eigenvalue weighted by molar-refractivity contribution is 5.70. The number of rotatable bonds is 52. The smallest absolute Gasteiger partial charge is 0.306 e. The summed E-state index contributed by atoms with van der Waals surface area (Å²) in [7, 11) is 0. The normalized spacial score (nSPS) is 13.1. The van der Waals surface area contributed by atoms with Crippen LogP contribution < -0.4 is 0 Å². The highest BCUT2D eigenvalue weighted by Gasteiger charge is 2.17. The maximum atomic E-state index is 12.9. The average molecular weight is 970 g/mol. The van der Waals surface area contributed by atoms with Crippen LogP contribution >= 0.6 is 0 Å². The molecule has 0 N–H and O–H groups in total. The lowest BCUT2D eigenvalue weighted by molar-refractivity contribution is -0.162. The van der Waals surface area contributed by atoms with Crippen LogP contribution in [0.1, 0.15) is 252 Å². The molecule has 0 saturated heterocycles. The first-order valence-corrected chi connectivity index (χ1v) is 29.1. The molecule has 5 nitrogen and oxygen atoms in total. The summed E-state index contributed by atoms with van der Waals surface area (Å²) in [6, 6.07) is 0. The first-order chi connectivity index (χ1) is 34.6. The lowest BCUT2D eigenvalue weighted by Gasteiger charge is -2.18. The number of hydrogen-bond acceptors (Lipinski definition) is 5. The van der Waals surface area contributed by atoms with E-state index in [1.54, 1.807) is 0 Å². The predicted octanol–water partition coefficient (Wildman–Crippen LogP) is 20.1. The van der Waals surface area contributed by atoms with Gasteiger partial charge >= 0.3 is 11.9 Å². The van der Waals surface area contributed by atoms with Gasteiger partial charge in [0.25, 0.3) is 0 Å². The quantitative estimate of drug-likeness (QED) is 0.0345. The Kier molecular flexibility index (Phi) is 56.5. The molecule has 0 rings (SSSR count). The van der Waals surface area contributed by atoms with Crippen molar-refractivity contribution in [3.8, 4) is 0 Å². The van der Waals surface area contributed by atoms with Crippen molar-refractivity contribution >= 4 is 11.9 Å². The molecular weight excluding hydrogens is 861 g/mol. The molecule has 0 amide bonds. The van der Waals surface area contributed by atoms with Crippen LogP contribution in [0.3, 0.4) is 0 Å². The number of unbranched alkanes of at least 4 members (excludes halogenated alkanes) is 21. The van der Waals surface area contributed by atoms with Gasteiger partial charge in [0.15, 0.2) is 6.10 Å². The SMILES string of the molecule is CC/C=C\C/C=C\C/C=C\C/C=C\C/C=C\C/C=C\CCC(=O)OCC(COCCCCC/C=C\C/C=C\C/C=C\C/C=C\CC)OC(=O)CCCCCCCCCCCCCCCCCCCCC. The second-order valence-electron chi connectivity index (χ2n) is 18.8. The summed E-state index contributed by atoms with van der Waals surface area (Å²) in [5.41, 5.74) is 0. The fourth-order valence-electron chi connectivity index (χ4n) is 7.76. The second kappa shape index (κ2) is 59.6. The van der Waals surface area contributed by atoms with Crippen molar-refractivity contribution in [1.82, 2.24) is 0 Å². The second-order valence-corrected chi connectivity index (χ2v) is 18.8. The van der Waals surface area contributed by atoms with Crippen LogP contribution in [-0.2, 0) is 23.8 Å². The van der Waals surface area contributed by atoms with Crippen molar-refractivity contribution < 1.29 is 23.8 Å². The zero-order valence-electron chi connectivity index (χ0n) is 45.7. The van der Waals surface area contributed by atoms with Crippen molar-refractivity contribution in [1.29, 1.82) is 0 Å². The first-order valence-electron chi connectivity index (χ1n) is 29.1. The van der Waals surface area contributed by atoms with Gasteiger partial charge in [-0.15, -0.1) is 0 Å². The molecule has 0 aliphatic rings. The Morgan fingerprint density at radius 1 is 0.329 bits per heavy atom. The molecule has 0 aromatic heterocycles. The highest BCUT2D eigenvalue weighted by Crippen LogP contribution is 2.16. The van der Waals surface area contributed by atoms with E-state index in [2.05, 4.69) is 136 Å². The van der Waals surface area contributed by atoms with E-state index in [1.807, 2.05) is 6.08 Å². The minimum Gasteiger partial charge on any atom is -0.462 e. The van der Waals surface area contributed by atoms with Gasteiger partial charge in [-0.05, 0) is 96.3 Å². The molecule has 398 valence electrons. The van der Waals surface area contributed by atoms with Crippen LogP contribution in [0.2, 0.25) is 0 Å². The van der Waals surface area contributed by atoms with Gasteiger partial charge in [-0.2, -0.15) is 0 Å². The molecule has 0 aliphatic carbocycles.